The van der Waals surface area contributed by atoms with Gasteiger partial charge in [0.25, 0.3) is 0 Å². The maximum absolute atomic E-state index is 5.44. The molecule has 26 heavy (non-hydrogen) atoms. The largest absolute Gasteiger partial charge is 0.495 e. The summed E-state index contributed by atoms with van der Waals surface area (Å²) >= 11 is 0. The van der Waals surface area contributed by atoms with Crippen LogP contribution in [0, 0.1) is 13.8 Å². The third-order valence-corrected chi connectivity index (χ3v) is 4.10. The molecule has 0 amide bonds. The van der Waals surface area contributed by atoms with Crippen molar-refractivity contribution in [2.45, 2.75) is 20.8 Å². The van der Waals surface area contributed by atoms with Crippen molar-refractivity contribution < 1.29 is 4.74 Å². The van der Waals surface area contributed by atoms with Crippen LogP contribution in [0.25, 0.3) is 0 Å². The summed E-state index contributed by atoms with van der Waals surface area (Å²) < 4.78 is 5.44. The lowest BCUT2D eigenvalue weighted by molar-refractivity contribution is 0.416. The van der Waals surface area contributed by atoms with Crippen molar-refractivity contribution in [1.82, 2.24) is 9.97 Å². The highest BCUT2D eigenvalue weighted by atomic mass is 16.5. The summed E-state index contributed by atoms with van der Waals surface area (Å²) in [6, 6.07) is 18.2. The molecule has 0 aliphatic rings. The molecule has 1 heterocycles. The second kappa shape index (κ2) is 7.87. The Hall–Kier alpha value is -3.08. The van der Waals surface area contributed by atoms with E-state index in [0.717, 1.165) is 40.7 Å². The summed E-state index contributed by atoms with van der Waals surface area (Å²) in [7, 11) is 1.66. The monoisotopic (exact) mass is 348 g/mol. The molecule has 5 heteroatoms. The molecule has 3 aromatic rings. The van der Waals surface area contributed by atoms with E-state index in [1.54, 1.807) is 7.11 Å². The number of nitrogens with zero attached hydrogens (tertiary/aromatic N) is 3. The number of rotatable bonds is 6. The van der Waals surface area contributed by atoms with Crippen LogP contribution in [0.4, 0.5) is 23.1 Å². The predicted molar refractivity (Wildman–Crippen MR) is 107 cm³/mol. The van der Waals surface area contributed by atoms with Gasteiger partial charge in [-0.3, -0.25) is 0 Å². The van der Waals surface area contributed by atoms with Gasteiger partial charge in [0.1, 0.15) is 11.6 Å². The van der Waals surface area contributed by atoms with E-state index in [2.05, 4.69) is 34.3 Å². The van der Waals surface area contributed by atoms with Gasteiger partial charge in [-0.15, -0.1) is 0 Å². The lowest BCUT2D eigenvalue weighted by atomic mass is 10.2. The summed E-state index contributed by atoms with van der Waals surface area (Å²) in [5.41, 5.74) is 4.00. The number of aryl methyl sites for hydroxylation is 2. The highest BCUT2D eigenvalue weighted by Gasteiger charge is 2.12. The highest BCUT2D eigenvalue weighted by Crippen LogP contribution is 2.29. The van der Waals surface area contributed by atoms with E-state index in [0.29, 0.717) is 5.95 Å². The smallest absolute Gasteiger partial charge is 0.229 e. The van der Waals surface area contributed by atoms with Crippen LogP contribution < -0.4 is 15.0 Å². The van der Waals surface area contributed by atoms with Crippen LogP contribution in [0.2, 0.25) is 0 Å². The first-order valence-electron chi connectivity index (χ1n) is 8.70. The molecule has 0 saturated heterocycles. The van der Waals surface area contributed by atoms with Crippen molar-refractivity contribution in [2.24, 2.45) is 0 Å². The number of ether oxygens (including phenoxy) is 1. The van der Waals surface area contributed by atoms with E-state index in [-0.39, 0.29) is 0 Å². The van der Waals surface area contributed by atoms with E-state index >= 15 is 0 Å². The van der Waals surface area contributed by atoms with Crippen molar-refractivity contribution in [1.29, 1.82) is 0 Å². The average molecular weight is 348 g/mol. The van der Waals surface area contributed by atoms with Crippen LogP contribution in [0.5, 0.6) is 5.75 Å². The van der Waals surface area contributed by atoms with Crippen LogP contribution in [-0.4, -0.2) is 23.6 Å². The lowest BCUT2D eigenvalue weighted by Gasteiger charge is -2.23. The second-order valence-corrected chi connectivity index (χ2v) is 6.10. The quantitative estimate of drug-likeness (QED) is 0.679. The Bertz CT molecular complexity index is 880. The number of aromatic nitrogens is 2. The predicted octanol–water partition coefficient (Wildman–Crippen LogP) is 5.00. The zero-order valence-corrected chi connectivity index (χ0v) is 15.7. The molecular formula is C21H24N4O. The first-order valence-corrected chi connectivity index (χ1v) is 8.70. The van der Waals surface area contributed by atoms with Crippen LogP contribution in [0.1, 0.15) is 18.2 Å². The SMILES string of the molecule is CCN(c1ccccc1)c1cc(C)nc(Nc2cc(C)ccc2OC)n1. The fraction of sp³-hybridized carbons (Fsp3) is 0.238. The molecule has 3 rings (SSSR count). The molecule has 0 atom stereocenters. The fourth-order valence-corrected chi connectivity index (χ4v) is 2.87. The Balaban J connectivity index is 1.97. The van der Waals surface area contributed by atoms with Crippen molar-refractivity contribution in [3.8, 4) is 5.75 Å². The van der Waals surface area contributed by atoms with E-state index in [1.165, 1.54) is 0 Å². The van der Waals surface area contributed by atoms with Gasteiger partial charge in [-0.05, 0) is 50.6 Å². The minimum absolute atomic E-state index is 0.554. The van der Waals surface area contributed by atoms with Gasteiger partial charge in [0, 0.05) is 24.0 Å². The molecule has 0 aliphatic carbocycles. The van der Waals surface area contributed by atoms with Crippen molar-refractivity contribution in [3.63, 3.8) is 0 Å². The van der Waals surface area contributed by atoms with E-state index in [1.807, 2.05) is 56.3 Å². The minimum Gasteiger partial charge on any atom is -0.495 e. The molecule has 0 aliphatic heterocycles. The van der Waals surface area contributed by atoms with Gasteiger partial charge in [-0.25, -0.2) is 4.98 Å². The van der Waals surface area contributed by atoms with Crippen molar-refractivity contribution in [3.05, 3.63) is 65.9 Å². The topological polar surface area (TPSA) is 50.3 Å². The molecule has 0 fully saturated rings. The molecule has 134 valence electrons. The van der Waals surface area contributed by atoms with Crippen LogP contribution in [-0.2, 0) is 0 Å². The summed E-state index contributed by atoms with van der Waals surface area (Å²) in [6.07, 6.45) is 0. The fourth-order valence-electron chi connectivity index (χ4n) is 2.87. The first-order chi connectivity index (χ1) is 12.6. The summed E-state index contributed by atoms with van der Waals surface area (Å²) in [5.74, 6) is 2.18. The van der Waals surface area contributed by atoms with E-state index in [4.69, 9.17) is 9.72 Å². The number of anilines is 4. The Morgan fingerprint density at radius 3 is 2.46 bits per heavy atom. The molecule has 5 nitrogen and oxygen atoms in total. The van der Waals surface area contributed by atoms with Gasteiger partial charge in [0.15, 0.2) is 0 Å². The van der Waals surface area contributed by atoms with Crippen molar-refractivity contribution in [2.75, 3.05) is 23.9 Å². The second-order valence-electron chi connectivity index (χ2n) is 6.10. The summed E-state index contributed by atoms with van der Waals surface area (Å²) in [5, 5.41) is 3.30. The molecular weight excluding hydrogens is 324 g/mol. The van der Waals surface area contributed by atoms with Gasteiger partial charge in [-0.2, -0.15) is 4.98 Å². The van der Waals surface area contributed by atoms with Crippen LogP contribution in [0.3, 0.4) is 0 Å². The molecule has 0 unspecified atom stereocenters. The number of nitrogens with one attached hydrogen (secondary N) is 1. The Morgan fingerprint density at radius 2 is 1.77 bits per heavy atom. The van der Waals surface area contributed by atoms with Gasteiger partial charge in [-0.1, -0.05) is 24.3 Å². The van der Waals surface area contributed by atoms with Gasteiger partial charge in [0.2, 0.25) is 5.95 Å². The zero-order chi connectivity index (χ0) is 18.5. The standard InChI is InChI=1S/C21H24N4O/c1-5-25(17-9-7-6-8-10-17)20-14-16(3)22-21(24-20)23-18-13-15(2)11-12-19(18)26-4/h6-14H,5H2,1-4H3,(H,22,23,24). The maximum atomic E-state index is 5.44. The third-order valence-electron chi connectivity index (χ3n) is 4.10. The molecule has 2 aromatic carbocycles. The van der Waals surface area contributed by atoms with Gasteiger partial charge >= 0.3 is 0 Å². The number of methoxy groups -OCH3 is 1. The van der Waals surface area contributed by atoms with Gasteiger partial charge in [0.05, 0.1) is 12.8 Å². The molecule has 0 bridgehead atoms. The Labute approximate surface area is 154 Å². The number of benzene rings is 2. The molecule has 0 saturated carbocycles. The number of hydrogen-bond donors (Lipinski definition) is 1. The van der Waals surface area contributed by atoms with Crippen LogP contribution >= 0.6 is 0 Å². The molecule has 0 spiro atoms. The Morgan fingerprint density at radius 1 is 1.00 bits per heavy atom. The third kappa shape index (κ3) is 3.94. The highest BCUT2D eigenvalue weighted by molar-refractivity contribution is 5.66. The average Bonchev–Trinajstić information content (AvgIpc) is 2.63. The normalized spacial score (nSPS) is 10.5. The van der Waals surface area contributed by atoms with Gasteiger partial charge < -0.3 is 15.0 Å². The van der Waals surface area contributed by atoms with E-state index in [9.17, 15) is 0 Å². The van der Waals surface area contributed by atoms with Crippen LogP contribution in [0.15, 0.2) is 54.6 Å². The Kier molecular flexibility index (Phi) is 5.37. The summed E-state index contributed by atoms with van der Waals surface area (Å²) in [6.45, 7) is 6.94. The molecule has 1 N–H and O–H groups in total. The summed E-state index contributed by atoms with van der Waals surface area (Å²) in [4.78, 5) is 11.4. The van der Waals surface area contributed by atoms with E-state index < -0.39 is 0 Å². The number of hydrogen-bond acceptors (Lipinski definition) is 5. The lowest BCUT2D eigenvalue weighted by Crippen LogP contribution is -2.18. The zero-order valence-electron chi connectivity index (χ0n) is 15.7. The maximum Gasteiger partial charge on any atom is 0.229 e. The molecule has 1 aromatic heterocycles. The minimum atomic E-state index is 0.554. The van der Waals surface area contributed by atoms with Crippen molar-refractivity contribution >= 4 is 23.1 Å². The first kappa shape index (κ1) is 17.7. The number of para-hydroxylation sites is 1. The molecule has 0 radical (unpaired) electrons.